The Labute approximate surface area is 81.0 Å². The van der Waals surface area contributed by atoms with E-state index in [0.29, 0.717) is 0 Å². The summed E-state index contributed by atoms with van der Waals surface area (Å²) in [5.74, 6) is 0. The zero-order valence-electron chi connectivity index (χ0n) is 6.79. The number of nitrogens with zero attached hydrogens (tertiary/aromatic N) is 3. The molecule has 0 atom stereocenters. The Morgan fingerprint density at radius 2 is 2.31 bits per heavy atom. The van der Waals surface area contributed by atoms with E-state index in [0.717, 1.165) is 11.3 Å². The third-order valence-electron chi connectivity index (χ3n) is 1.69. The monoisotopic (exact) mass is 189 g/mol. The highest BCUT2D eigenvalue weighted by Gasteiger charge is 1.95. The quantitative estimate of drug-likeness (QED) is 0.672. The van der Waals surface area contributed by atoms with E-state index in [1.54, 1.807) is 16.4 Å². The van der Waals surface area contributed by atoms with Crippen LogP contribution in [-0.2, 0) is 0 Å². The summed E-state index contributed by atoms with van der Waals surface area (Å²) in [6.45, 7) is 0. The summed E-state index contributed by atoms with van der Waals surface area (Å²) < 4.78 is 1.70. The molecule has 0 fully saturated rings. The van der Waals surface area contributed by atoms with Crippen molar-refractivity contribution in [1.29, 1.82) is 0 Å². The summed E-state index contributed by atoms with van der Waals surface area (Å²) in [6, 6.07) is 7.81. The van der Waals surface area contributed by atoms with Crippen molar-refractivity contribution in [2.75, 3.05) is 0 Å². The van der Waals surface area contributed by atoms with Crippen molar-refractivity contribution in [3.63, 3.8) is 0 Å². The molecule has 13 heavy (non-hydrogen) atoms. The summed E-state index contributed by atoms with van der Waals surface area (Å²) in [5, 5.41) is 5.66. The van der Waals surface area contributed by atoms with Gasteiger partial charge in [0.2, 0.25) is 0 Å². The fourth-order valence-electron chi connectivity index (χ4n) is 1.08. The number of rotatable bonds is 2. The van der Waals surface area contributed by atoms with Crippen molar-refractivity contribution in [2.24, 2.45) is 0 Å². The van der Waals surface area contributed by atoms with Crippen LogP contribution in [-0.4, -0.2) is 20.1 Å². The van der Waals surface area contributed by atoms with Crippen molar-refractivity contribution >= 4 is 17.6 Å². The maximum atomic E-state index is 4.84. The summed E-state index contributed by atoms with van der Waals surface area (Å²) in [4.78, 5) is 3.87. The first-order chi connectivity index (χ1) is 6.40. The van der Waals surface area contributed by atoms with Crippen LogP contribution < -0.4 is 0 Å². The van der Waals surface area contributed by atoms with Gasteiger partial charge in [0.15, 0.2) is 0 Å². The molecule has 2 aromatic rings. The molecule has 64 valence electrons. The van der Waals surface area contributed by atoms with Crippen molar-refractivity contribution in [3.05, 3.63) is 42.5 Å². The molecule has 0 bridgehead atoms. The van der Waals surface area contributed by atoms with Gasteiger partial charge in [-0.05, 0) is 17.7 Å². The largest absolute Gasteiger partial charge is 0.223 e. The fraction of sp³-hybridized carbons (Fsp3) is 0. The van der Waals surface area contributed by atoms with Gasteiger partial charge in [-0.3, -0.25) is 0 Å². The molecule has 0 aliphatic carbocycles. The zero-order chi connectivity index (χ0) is 9.10. The zero-order valence-corrected chi connectivity index (χ0v) is 7.61. The Morgan fingerprint density at radius 1 is 1.38 bits per heavy atom. The van der Waals surface area contributed by atoms with Crippen LogP contribution in [0.3, 0.4) is 0 Å². The first-order valence-corrected chi connectivity index (χ1v) is 4.27. The van der Waals surface area contributed by atoms with Crippen LogP contribution in [0.2, 0.25) is 0 Å². The van der Waals surface area contributed by atoms with Gasteiger partial charge in [0, 0.05) is 5.37 Å². The summed E-state index contributed by atoms with van der Waals surface area (Å²) in [6.07, 6.45) is 3.16. The second-order valence-electron chi connectivity index (χ2n) is 2.55. The molecule has 0 saturated carbocycles. The Hall–Kier alpha value is -1.55. The molecule has 0 amide bonds. The third kappa shape index (κ3) is 1.62. The molecule has 1 aromatic carbocycles. The normalized spacial score (nSPS) is 9.85. The van der Waals surface area contributed by atoms with Crippen molar-refractivity contribution < 1.29 is 0 Å². The predicted octanol–water partition coefficient (Wildman–Crippen LogP) is 1.62. The number of benzene rings is 1. The Kier molecular flexibility index (Phi) is 2.14. The van der Waals surface area contributed by atoms with E-state index in [4.69, 9.17) is 12.2 Å². The molecule has 0 aliphatic rings. The van der Waals surface area contributed by atoms with Crippen LogP contribution in [0.15, 0.2) is 36.9 Å². The molecule has 0 N–H and O–H groups in total. The molecule has 0 saturated heterocycles. The van der Waals surface area contributed by atoms with E-state index >= 15 is 0 Å². The molecule has 0 aliphatic heterocycles. The lowest BCUT2D eigenvalue weighted by Crippen LogP contribution is -1.94. The van der Waals surface area contributed by atoms with Gasteiger partial charge < -0.3 is 0 Å². The van der Waals surface area contributed by atoms with Crippen molar-refractivity contribution in [2.45, 2.75) is 0 Å². The molecule has 1 heterocycles. The molecule has 3 nitrogen and oxygen atoms in total. The smallest absolute Gasteiger partial charge is 0.138 e. The lowest BCUT2D eigenvalue weighted by atomic mass is 10.2. The minimum absolute atomic E-state index is 0.969. The van der Waals surface area contributed by atoms with Crippen LogP contribution in [0.5, 0.6) is 0 Å². The average molecular weight is 189 g/mol. The Balaban J connectivity index is 2.47. The second-order valence-corrected chi connectivity index (χ2v) is 2.79. The van der Waals surface area contributed by atoms with Gasteiger partial charge in [0.05, 0.1) is 5.69 Å². The standard InChI is InChI=1S/C9H7N3S/c13-5-8-2-1-3-9(4-8)12-7-10-6-11-12/h1-7H. The number of hydrogen-bond acceptors (Lipinski definition) is 3. The highest BCUT2D eigenvalue weighted by atomic mass is 32.1. The molecule has 2 rings (SSSR count). The molecule has 4 heteroatoms. The molecule has 0 spiro atoms. The van der Waals surface area contributed by atoms with E-state index in [9.17, 15) is 0 Å². The highest BCUT2D eigenvalue weighted by Crippen LogP contribution is 2.06. The molecule has 1 aromatic heterocycles. The van der Waals surface area contributed by atoms with Crippen LogP contribution in [0.25, 0.3) is 5.69 Å². The van der Waals surface area contributed by atoms with Crippen molar-refractivity contribution in [3.8, 4) is 5.69 Å². The van der Waals surface area contributed by atoms with Crippen LogP contribution in [0.4, 0.5) is 0 Å². The van der Waals surface area contributed by atoms with Gasteiger partial charge >= 0.3 is 0 Å². The second kappa shape index (κ2) is 3.45. The molecular weight excluding hydrogens is 182 g/mol. The SMILES string of the molecule is S=Cc1cccc(-n2cncn2)c1. The Morgan fingerprint density at radius 3 is 3.00 bits per heavy atom. The van der Waals surface area contributed by atoms with Gasteiger partial charge in [-0.25, -0.2) is 9.67 Å². The minimum atomic E-state index is 0.969. The number of thiocarbonyl (C=S) groups is 1. The third-order valence-corrected chi connectivity index (χ3v) is 1.96. The molecule has 0 unspecified atom stereocenters. The van der Waals surface area contributed by atoms with E-state index in [1.165, 1.54) is 6.33 Å². The maximum absolute atomic E-state index is 4.84. The van der Waals surface area contributed by atoms with Crippen LogP contribution in [0.1, 0.15) is 5.56 Å². The Bertz CT molecular complexity index is 409. The van der Waals surface area contributed by atoms with Gasteiger partial charge in [-0.15, -0.1) is 0 Å². The first kappa shape index (κ1) is 8.07. The highest BCUT2D eigenvalue weighted by molar-refractivity contribution is 7.79. The molecular formula is C9H7N3S. The molecule has 0 radical (unpaired) electrons. The maximum Gasteiger partial charge on any atom is 0.138 e. The summed E-state index contributed by atoms with van der Waals surface area (Å²) in [5.41, 5.74) is 1.97. The van der Waals surface area contributed by atoms with Gasteiger partial charge in [0.1, 0.15) is 12.7 Å². The van der Waals surface area contributed by atoms with E-state index in [1.807, 2.05) is 24.3 Å². The minimum Gasteiger partial charge on any atom is -0.223 e. The van der Waals surface area contributed by atoms with Gasteiger partial charge in [-0.1, -0.05) is 24.4 Å². The fourth-order valence-corrected chi connectivity index (χ4v) is 1.23. The van der Waals surface area contributed by atoms with Crippen molar-refractivity contribution in [1.82, 2.24) is 14.8 Å². The number of hydrogen-bond donors (Lipinski definition) is 0. The van der Waals surface area contributed by atoms with Gasteiger partial charge in [-0.2, -0.15) is 5.10 Å². The first-order valence-electron chi connectivity index (χ1n) is 3.80. The van der Waals surface area contributed by atoms with E-state index < -0.39 is 0 Å². The lowest BCUT2D eigenvalue weighted by molar-refractivity contribution is 0.879. The average Bonchev–Trinajstić information content (AvgIpc) is 2.71. The predicted molar refractivity (Wildman–Crippen MR) is 54.1 cm³/mol. The topological polar surface area (TPSA) is 30.7 Å². The number of aromatic nitrogens is 3. The van der Waals surface area contributed by atoms with Gasteiger partial charge in [0.25, 0.3) is 0 Å². The summed E-state index contributed by atoms with van der Waals surface area (Å²) >= 11 is 4.84. The van der Waals surface area contributed by atoms with E-state index in [2.05, 4.69) is 10.1 Å². The summed E-state index contributed by atoms with van der Waals surface area (Å²) in [7, 11) is 0. The van der Waals surface area contributed by atoms with Crippen LogP contribution >= 0.6 is 12.2 Å². The van der Waals surface area contributed by atoms with Crippen LogP contribution in [0, 0.1) is 0 Å². The lowest BCUT2D eigenvalue weighted by Gasteiger charge is -1.99. The van der Waals surface area contributed by atoms with E-state index in [-0.39, 0.29) is 0 Å².